The van der Waals surface area contributed by atoms with E-state index in [1.807, 2.05) is 0 Å². The number of rotatable bonds is 4. The summed E-state index contributed by atoms with van der Waals surface area (Å²) in [6, 6.07) is -1.74. The molecular weight excluding hydrogens is 242 g/mol. The second-order valence-corrected chi connectivity index (χ2v) is 4.09. The predicted octanol–water partition coefficient (Wildman–Crippen LogP) is -1.69. The number of carbonyl (C=O) groups is 3. The van der Waals surface area contributed by atoms with Gasteiger partial charge in [-0.15, -0.1) is 0 Å². The normalized spacial score (nSPS) is 17.6. The number of aliphatic hydroxyl groups is 1. The van der Waals surface area contributed by atoms with Gasteiger partial charge in [-0.3, -0.25) is 4.79 Å². The number of nitrogens with one attached hydrogen (secondary N) is 1. The van der Waals surface area contributed by atoms with Crippen molar-refractivity contribution < 1.29 is 24.6 Å². The van der Waals surface area contributed by atoms with Gasteiger partial charge in [0.05, 0.1) is 0 Å². The standard InChI is InChI=1S/C10H17N3O5/c1-12-3-4-13(6-8(12)15)10(18)11-7(2-5-14)9(16)17/h7,14H,2-6H2,1H3,(H,11,18)(H,16,17). The highest BCUT2D eigenvalue weighted by atomic mass is 16.4. The van der Waals surface area contributed by atoms with Gasteiger partial charge in [0.2, 0.25) is 5.91 Å². The molecule has 1 atom stereocenters. The molecule has 3 amide bonds. The summed E-state index contributed by atoms with van der Waals surface area (Å²) in [6.45, 7) is 0.385. The Labute approximate surface area is 104 Å². The Balaban J connectivity index is 2.54. The second kappa shape index (κ2) is 6.20. The number of nitrogens with zero attached hydrogens (tertiary/aromatic N) is 2. The van der Waals surface area contributed by atoms with Crippen molar-refractivity contribution in [3.8, 4) is 0 Å². The Morgan fingerprint density at radius 3 is 2.61 bits per heavy atom. The van der Waals surface area contributed by atoms with E-state index in [0.717, 1.165) is 0 Å². The van der Waals surface area contributed by atoms with Crippen LogP contribution in [0.2, 0.25) is 0 Å². The van der Waals surface area contributed by atoms with Crippen molar-refractivity contribution >= 4 is 17.9 Å². The molecule has 0 aromatic rings. The number of aliphatic carboxylic acids is 1. The smallest absolute Gasteiger partial charge is 0.326 e. The monoisotopic (exact) mass is 259 g/mol. The number of carboxylic acid groups (broad SMARTS) is 1. The fourth-order valence-electron chi connectivity index (χ4n) is 1.56. The Bertz CT molecular complexity index is 346. The molecule has 18 heavy (non-hydrogen) atoms. The van der Waals surface area contributed by atoms with E-state index < -0.39 is 18.0 Å². The lowest BCUT2D eigenvalue weighted by Crippen LogP contribution is -2.56. The van der Waals surface area contributed by atoms with E-state index in [2.05, 4.69) is 5.32 Å². The van der Waals surface area contributed by atoms with E-state index in [1.165, 1.54) is 9.80 Å². The topological polar surface area (TPSA) is 110 Å². The molecule has 0 spiro atoms. The van der Waals surface area contributed by atoms with Crippen LogP contribution in [0.15, 0.2) is 0 Å². The Hall–Kier alpha value is -1.83. The van der Waals surface area contributed by atoms with Crippen molar-refractivity contribution in [2.75, 3.05) is 33.3 Å². The van der Waals surface area contributed by atoms with Gasteiger partial charge in [0.15, 0.2) is 0 Å². The molecule has 1 rings (SSSR count). The van der Waals surface area contributed by atoms with Crippen LogP contribution in [0, 0.1) is 0 Å². The zero-order chi connectivity index (χ0) is 13.7. The van der Waals surface area contributed by atoms with Crippen molar-refractivity contribution in [3.05, 3.63) is 0 Å². The fourth-order valence-corrected chi connectivity index (χ4v) is 1.56. The first-order chi connectivity index (χ1) is 8.45. The van der Waals surface area contributed by atoms with E-state index in [1.54, 1.807) is 7.05 Å². The molecule has 0 aromatic carbocycles. The number of piperazine rings is 1. The molecule has 8 nitrogen and oxygen atoms in total. The predicted molar refractivity (Wildman–Crippen MR) is 60.9 cm³/mol. The third-order valence-corrected chi connectivity index (χ3v) is 2.76. The first-order valence-corrected chi connectivity index (χ1v) is 5.58. The molecule has 1 aliphatic rings. The number of hydrogen-bond acceptors (Lipinski definition) is 4. The molecule has 0 radical (unpaired) electrons. The molecule has 8 heteroatoms. The van der Waals surface area contributed by atoms with Gasteiger partial charge in [-0.25, -0.2) is 9.59 Å². The van der Waals surface area contributed by atoms with E-state index in [0.29, 0.717) is 13.1 Å². The first kappa shape index (κ1) is 14.2. The van der Waals surface area contributed by atoms with Gasteiger partial charge in [0.25, 0.3) is 0 Å². The van der Waals surface area contributed by atoms with Crippen LogP contribution in [0.1, 0.15) is 6.42 Å². The van der Waals surface area contributed by atoms with E-state index in [-0.39, 0.29) is 25.5 Å². The fraction of sp³-hybridized carbons (Fsp3) is 0.700. The van der Waals surface area contributed by atoms with Crippen LogP contribution in [0.5, 0.6) is 0 Å². The molecule has 1 heterocycles. The number of urea groups is 1. The number of amides is 3. The molecule has 1 fully saturated rings. The molecule has 0 saturated carbocycles. The summed E-state index contributed by atoms with van der Waals surface area (Å²) in [5, 5.41) is 19.8. The third-order valence-electron chi connectivity index (χ3n) is 2.76. The average Bonchev–Trinajstić information content (AvgIpc) is 2.31. The van der Waals surface area contributed by atoms with Gasteiger partial charge >= 0.3 is 12.0 Å². The van der Waals surface area contributed by atoms with Crippen LogP contribution in [0.4, 0.5) is 4.79 Å². The lowest BCUT2D eigenvalue weighted by atomic mass is 10.2. The van der Waals surface area contributed by atoms with E-state index in [4.69, 9.17) is 10.2 Å². The zero-order valence-electron chi connectivity index (χ0n) is 10.1. The van der Waals surface area contributed by atoms with E-state index in [9.17, 15) is 14.4 Å². The van der Waals surface area contributed by atoms with Gasteiger partial charge in [-0.05, 0) is 0 Å². The summed E-state index contributed by atoms with van der Waals surface area (Å²) in [6.07, 6.45) is -0.0667. The highest BCUT2D eigenvalue weighted by Gasteiger charge is 2.27. The van der Waals surface area contributed by atoms with Crippen LogP contribution in [0.3, 0.4) is 0 Å². The van der Waals surface area contributed by atoms with Crippen LogP contribution < -0.4 is 5.32 Å². The minimum Gasteiger partial charge on any atom is -0.480 e. The van der Waals surface area contributed by atoms with Gasteiger partial charge in [0, 0.05) is 33.2 Å². The summed E-state index contributed by atoms with van der Waals surface area (Å²) < 4.78 is 0. The quantitative estimate of drug-likeness (QED) is 0.557. The SMILES string of the molecule is CN1CCN(C(=O)NC(CCO)C(=O)O)CC1=O. The van der Waals surface area contributed by atoms with E-state index >= 15 is 0 Å². The minimum atomic E-state index is -1.21. The van der Waals surface area contributed by atoms with Gasteiger partial charge in [0.1, 0.15) is 12.6 Å². The highest BCUT2D eigenvalue weighted by Crippen LogP contribution is 2.02. The zero-order valence-corrected chi connectivity index (χ0v) is 10.1. The second-order valence-electron chi connectivity index (χ2n) is 4.09. The minimum absolute atomic E-state index is 0.0617. The van der Waals surface area contributed by atoms with Gasteiger partial charge in [-0.2, -0.15) is 0 Å². The molecule has 1 unspecified atom stereocenters. The van der Waals surface area contributed by atoms with Crippen LogP contribution >= 0.6 is 0 Å². The Kier molecular flexibility index (Phi) is 4.90. The first-order valence-electron chi connectivity index (χ1n) is 5.58. The molecule has 0 aromatic heterocycles. The van der Waals surface area contributed by atoms with Crippen molar-refractivity contribution in [2.24, 2.45) is 0 Å². The van der Waals surface area contributed by atoms with Crippen molar-refractivity contribution in [3.63, 3.8) is 0 Å². The van der Waals surface area contributed by atoms with Crippen LogP contribution in [0.25, 0.3) is 0 Å². The number of carbonyl (C=O) groups excluding carboxylic acids is 2. The van der Waals surface area contributed by atoms with Crippen molar-refractivity contribution in [2.45, 2.75) is 12.5 Å². The maximum Gasteiger partial charge on any atom is 0.326 e. The molecule has 0 aliphatic carbocycles. The van der Waals surface area contributed by atoms with Gasteiger partial charge in [-0.1, -0.05) is 0 Å². The summed E-state index contributed by atoms with van der Waals surface area (Å²) in [5.74, 6) is -1.40. The molecule has 3 N–H and O–H groups in total. The maximum atomic E-state index is 11.7. The third kappa shape index (κ3) is 3.59. The summed E-state index contributed by atoms with van der Waals surface area (Å²) >= 11 is 0. The largest absolute Gasteiger partial charge is 0.480 e. The highest BCUT2D eigenvalue weighted by molar-refractivity contribution is 5.87. The summed E-state index contributed by atoms with van der Waals surface area (Å²) in [7, 11) is 1.64. The molecule has 1 saturated heterocycles. The Morgan fingerprint density at radius 2 is 2.11 bits per heavy atom. The van der Waals surface area contributed by atoms with Crippen molar-refractivity contribution in [1.29, 1.82) is 0 Å². The maximum absolute atomic E-state index is 11.7. The number of aliphatic hydroxyl groups excluding tert-OH is 1. The Morgan fingerprint density at radius 1 is 1.44 bits per heavy atom. The average molecular weight is 259 g/mol. The summed E-state index contributed by atoms with van der Waals surface area (Å²) in [5.41, 5.74) is 0. The number of likely N-dealkylation sites (N-methyl/N-ethyl adjacent to an activating group) is 1. The number of hydrogen-bond donors (Lipinski definition) is 3. The van der Waals surface area contributed by atoms with Crippen molar-refractivity contribution in [1.82, 2.24) is 15.1 Å². The lowest BCUT2D eigenvalue weighted by Gasteiger charge is -2.32. The molecule has 0 bridgehead atoms. The lowest BCUT2D eigenvalue weighted by molar-refractivity contribution is -0.139. The molecule has 1 aliphatic heterocycles. The number of carboxylic acids is 1. The van der Waals surface area contributed by atoms with Gasteiger partial charge < -0.3 is 25.3 Å². The van der Waals surface area contributed by atoms with Crippen LogP contribution in [-0.2, 0) is 9.59 Å². The summed E-state index contributed by atoms with van der Waals surface area (Å²) in [4.78, 5) is 36.7. The van der Waals surface area contributed by atoms with Crippen LogP contribution in [-0.4, -0.2) is 77.3 Å². The molecular formula is C10H17N3O5. The molecule has 102 valence electrons.